The van der Waals surface area contributed by atoms with E-state index in [1.807, 2.05) is 0 Å². The van der Waals surface area contributed by atoms with E-state index in [2.05, 4.69) is 44.5 Å². The Hall–Kier alpha value is -3.07. The number of hydrogen-bond donors (Lipinski definition) is 2. The van der Waals surface area contributed by atoms with E-state index in [1.54, 1.807) is 36.8 Å². The molecule has 0 amide bonds. The standard InChI is InChI=1S/C20H23N7O2/c1-19(2)10-14(11-20(26-19)5-6-20)29-17-4-3-15(24-25-17)18-16(28)9-13(12-21-18)27-22-7-8-23-27/h3-4,7-9,12,14,26,28H,5-6,10-11H2,1-2H3. The molecule has 0 aromatic carbocycles. The van der Waals surface area contributed by atoms with Crippen LogP contribution in [0.4, 0.5) is 0 Å². The normalized spacial score (nSPS) is 21.8. The van der Waals surface area contributed by atoms with Crippen molar-refractivity contribution < 1.29 is 9.84 Å². The Morgan fingerprint density at radius 2 is 1.93 bits per heavy atom. The minimum Gasteiger partial charge on any atom is -0.506 e. The van der Waals surface area contributed by atoms with Gasteiger partial charge in [0.25, 0.3) is 0 Å². The molecule has 29 heavy (non-hydrogen) atoms. The topological polar surface area (TPSA) is 111 Å². The summed E-state index contributed by atoms with van der Waals surface area (Å²) in [5.74, 6) is 0.475. The summed E-state index contributed by atoms with van der Waals surface area (Å²) < 4.78 is 6.14. The molecule has 1 spiro atoms. The number of aromatic hydroxyl groups is 1. The third-order valence-corrected chi connectivity index (χ3v) is 5.49. The Bertz CT molecular complexity index is 1010. The van der Waals surface area contributed by atoms with Gasteiger partial charge in [-0.05, 0) is 32.8 Å². The first-order valence-corrected chi connectivity index (χ1v) is 9.77. The van der Waals surface area contributed by atoms with E-state index in [-0.39, 0.29) is 22.9 Å². The fraction of sp³-hybridized carbons (Fsp3) is 0.450. The van der Waals surface area contributed by atoms with Gasteiger partial charge in [0, 0.05) is 36.1 Å². The van der Waals surface area contributed by atoms with Crippen molar-refractivity contribution in [2.75, 3.05) is 0 Å². The lowest BCUT2D eigenvalue weighted by molar-refractivity contribution is 0.0737. The van der Waals surface area contributed by atoms with Gasteiger partial charge in [0.05, 0.1) is 18.6 Å². The second-order valence-corrected chi connectivity index (χ2v) is 8.57. The fourth-order valence-electron chi connectivity index (χ4n) is 4.24. The van der Waals surface area contributed by atoms with E-state index in [9.17, 15) is 5.11 Å². The molecule has 3 aromatic heterocycles. The highest BCUT2D eigenvalue weighted by Crippen LogP contribution is 2.46. The molecule has 1 saturated carbocycles. The number of nitrogens with one attached hydrogen (secondary N) is 1. The summed E-state index contributed by atoms with van der Waals surface area (Å²) in [5, 5.41) is 30.6. The summed E-state index contributed by atoms with van der Waals surface area (Å²) in [6, 6.07) is 5.08. The van der Waals surface area contributed by atoms with Gasteiger partial charge in [-0.3, -0.25) is 0 Å². The lowest BCUT2D eigenvalue weighted by Gasteiger charge is -2.41. The first-order valence-electron chi connectivity index (χ1n) is 9.77. The van der Waals surface area contributed by atoms with Crippen LogP contribution >= 0.6 is 0 Å². The van der Waals surface area contributed by atoms with Crippen molar-refractivity contribution in [1.82, 2.24) is 35.5 Å². The molecule has 1 aliphatic heterocycles. The van der Waals surface area contributed by atoms with Gasteiger partial charge >= 0.3 is 0 Å². The number of ether oxygens (including phenoxy) is 1. The van der Waals surface area contributed by atoms with Crippen molar-refractivity contribution in [1.29, 1.82) is 0 Å². The van der Waals surface area contributed by atoms with Crippen LogP contribution in [0.2, 0.25) is 0 Å². The maximum atomic E-state index is 10.4. The summed E-state index contributed by atoms with van der Waals surface area (Å²) in [7, 11) is 0. The van der Waals surface area contributed by atoms with Gasteiger partial charge in [-0.1, -0.05) is 0 Å². The predicted molar refractivity (Wildman–Crippen MR) is 105 cm³/mol. The maximum Gasteiger partial charge on any atom is 0.233 e. The van der Waals surface area contributed by atoms with Crippen LogP contribution in [0.15, 0.2) is 36.8 Å². The Morgan fingerprint density at radius 3 is 2.59 bits per heavy atom. The Labute approximate surface area is 168 Å². The molecule has 1 saturated heterocycles. The highest BCUT2D eigenvalue weighted by molar-refractivity contribution is 5.63. The number of aromatic nitrogens is 6. The molecular weight excluding hydrogens is 370 g/mol. The van der Waals surface area contributed by atoms with E-state index < -0.39 is 0 Å². The zero-order chi connectivity index (χ0) is 20.1. The van der Waals surface area contributed by atoms with Crippen molar-refractivity contribution in [2.24, 2.45) is 0 Å². The Kier molecular flexibility index (Phi) is 4.02. The summed E-state index contributed by atoms with van der Waals surface area (Å²) in [5.41, 5.74) is 1.67. The third-order valence-electron chi connectivity index (χ3n) is 5.49. The number of rotatable bonds is 4. The van der Waals surface area contributed by atoms with E-state index in [0.29, 0.717) is 23.0 Å². The van der Waals surface area contributed by atoms with Crippen LogP contribution in [0.25, 0.3) is 17.1 Å². The average Bonchev–Trinajstić information content (AvgIpc) is 3.17. The highest BCUT2D eigenvalue weighted by atomic mass is 16.5. The van der Waals surface area contributed by atoms with Gasteiger partial charge in [0.2, 0.25) is 5.88 Å². The summed E-state index contributed by atoms with van der Waals surface area (Å²) >= 11 is 0. The first kappa shape index (κ1) is 18.0. The number of piperidine rings is 1. The predicted octanol–water partition coefficient (Wildman–Crippen LogP) is 2.27. The van der Waals surface area contributed by atoms with Gasteiger partial charge in [-0.15, -0.1) is 15.0 Å². The first-order chi connectivity index (χ1) is 13.9. The minimum atomic E-state index is -0.0152. The van der Waals surface area contributed by atoms with E-state index in [4.69, 9.17) is 4.74 Å². The third kappa shape index (κ3) is 3.65. The Morgan fingerprint density at radius 1 is 1.14 bits per heavy atom. The fourth-order valence-corrected chi connectivity index (χ4v) is 4.24. The van der Waals surface area contributed by atoms with Crippen LogP contribution < -0.4 is 10.1 Å². The van der Waals surface area contributed by atoms with Crippen molar-refractivity contribution >= 4 is 0 Å². The lowest BCUT2D eigenvalue weighted by atomic mass is 9.85. The average molecular weight is 393 g/mol. The van der Waals surface area contributed by atoms with Gasteiger partial charge in [0.15, 0.2) is 0 Å². The van der Waals surface area contributed by atoms with Crippen LogP contribution in [0.5, 0.6) is 11.6 Å². The van der Waals surface area contributed by atoms with Crippen LogP contribution in [-0.4, -0.2) is 52.5 Å². The van der Waals surface area contributed by atoms with Crippen LogP contribution in [0.3, 0.4) is 0 Å². The van der Waals surface area contributed by atoms with Crippen molar-refractivity contribution in [3.8, 4) is 28.7 Å². The molecule has 3 aromatic rings. The smallest absolute Gasteiger partial charge is 0.233 e. The molecule has 4 heterocycles. The number of pyridine rings is 1. The van der Waals surface area contributed by atoms with E-state index in [1.165, 1.54) is 17.6 Å². The molecule has 2 fully saturated rings. The van der Waals surface area contributed by atoms with Crippen molar-refractivity contribution in [3.63, 3.8) is 0 Å². The summed E-state index contributed by atoms with van der Waals surface area (Å²) in [6.07, 6.45) is 9.13. The van der Waals surface area contributed by atoms with E-state index >= 15 is 0 Å². The van der Waals surface area contributed by atoms with Crippen molar-refractivity contribution in [2.45, 2.75) is 56.7 Å². The van der Waals surface area contributed by atoms with E-state index in [0.717, 1.165) is 12.8 Å². The van der Waals surface area contributed by atoms with Gasteiger partial charge in [-0.2, -0.15) is 10.2 Å². The molecule has 9 heteroatoms. The van der Waals surface area contributed by atoms with Crippen LogP contribution in [0, 0.1) is 0 Å². The molecule has 1 unspecified atom stereocenters. The van der Waals surface area contributed by atoms with Gasteiger partial charge < -0.3 is 15.2 Å². The Balaban J connectivity index is 1.32. The highest BCUT2D eigenvalue weighted by Gasteiger charge is 2.51. The molecule has 2 N–H and O–H groups in total. The van der Waals surface area contributed by atoms with Crippen LogP contribution in [-0.2, 0) is 0 Å². The summed E-state index contributed by atoms with van der Waals surface area (Å²) in [6.45, 7) is 4.43. The molecule has 1 aliphatic carbocycles. The molecule has 150 valence electrons. The van der Waals surface area contributed by atoms with Gasteiger partial charge in [0.1, 0.15) is 28.9 Å². The second kappa shape index (κ2) is 6.48. The molecule has 2 aliphatic rings. The zero-order valence-corrected chi connectivity index (χ0v) is 16.4. The molecule has 5 rings (SSSR count). The minimum absolute atomic E-state index is 0.0152. The maximum absolute atomic E-state index is 10.4. The number of nitrogens with zero attached hydrogens (tertiary/aromatic N) is 6. The van der Waals surface area contributed by atoms with Crippen molar-refractivity contribution in [3.05, 3.63) is 36.8 Å². The monoisotopic (exact) mass is 393 g/mol. The molecule has 9 nitrogen and oxygen atoms in total. The molecule has 0 bridgehead atoms. The summed E-state index contributed by atoms with van der Waals surface area (Å²) in [4.78, 5) is 5.67. The molecule has 0 radical (unpaired) electrons. The quantitative estimate of drug-likeness (QED) is 0.694. The lowest BCUT2D eigenvalue weighted by Crippen LogP contribution is -2.56. The SMILES string of the molecule is CC1(C)CC(Oc2ccc(-c3ncc(-n4nccn4)cc3O)nn2)CC2(CC2)N1. The zero-order valence-electron chi connectivity index (χ0n) is 16.4. The largest absolute Gasteiger partial charge is 0.506 e. The molecule has 1 atom stereocenters. The van der Waals surface area contributed by atoms with Crippen LogP contribution in [0.1, 0.15) is 39.5 Å². The molecular formula is C20H23N7O2. The second-order valence-electron chi connectivity index (χ2n) is 8.57. The number of hydrogen-bond acceptors (Lipinski definition) is 8. The van der Waals surface area contributed by atoms with Gasteiger partial charge in [-0.25, -0.2) is 4.98 Å².